The number of likely N-dealkylation sites (N-methyl/N-ethyl adjacent to an activating group) is 1. The summed E-state index contributed by atoms with van der Waals surface area (Å²) < 4.78 is 0. The highest BCUT2D eigenvalue weighted by molar-refractivity contribution is 4.81. The van der Waals surface area contributed by atoms with Crippen LogP contribution in [0.15, 0.2) is 0 Å². The van der Waals surface area contributed by atoms with Crippen LogP contribution in [0.25, 0.3) is 0 Å². The second kappa shape index (κ2) is 5.69. The van der Waals surface area contributed by atoms with Crippen LogP contribution in [-0.4, -0.2) is 60.8 Å². The third-order valence-corrected chi connectivity index (χ3v) is 3.07. The van der Waals surface area contributed by atoms with Gasteiger partial charge in [0.05, 0.1) is 6.10 Å². The third-order valence-electron chi connectivity index (χ3n) is 3.07. The quantitative estimate of drug-likeness (QED) is 0.710. The maximum Gasteiger partial charge on any atom is 0.0667 e. The smallest absolute Gasteiger partial charge is 0.0667 e. The average molecular weight is 200 g/mol. The van der Waals surface area contributed by atoms with Crippen LogP contribution in [0.1, 0.15) is 26.2 Å². The van der Waals surface area contributed by atoms with Crippen molar-refractivity contribution in [3.8, 4) is 0 Å². The zero-order chi connectivity index (χ0) is 10.6. The van der Waals surface area contributed by atoms with Gasteiger partial charge in [0.2, 0.25) is 0 Å². The lowest BCUT2D eigenvalue weighted by Crippen LogP contribution is -2.35. The number of aliphatic hydroxyl groups excluding tert-OH is 1. The first-order valence-corrected chi connectivity index (χ1v) is 5.70. The monoisotopic (exact) mass is 200 g/mol. The Hall–Kier alpha value is -0.120. The topological polar surface area (TPSA) is 26.7 Å². The van der Waals surface area contributed by atoms with E-state index in [1.807, 2.05) is 0 Å². The van der Waals surface area contributed by atoms with Gasteiger partial charge in [-0.15, -0.1) is 0 Å². The van der Waals surface area contributed by atoms with Crippen molar-refractivity contribution < 1.29 is 5.11 Å². The van der Waals surface area contributed by atoms with Gasteiger partial charge >= 0.3 is 0 Å². The summed E-state index contributed by atoms with van der Waals surface area (Å²) in [6.45, 7) is 5.24. The van der Waals surface area contributed by atoms with E-state index in [0.29, 0.717) is 6.04 Å². The Bertz CT molecular complexity index is 161. The van der Waals surface area contributed by atoms with E-state index in [4.69, 9.17) is 0 Å². The number of aliphatic hydroxyl groups is 1. The van der Waals surface area contributed by atoms with Crippen molar-refractivity contribution in [3.63, 3.8) is 0 Å². The summed E-state index contributed by atoms with van der Waals surface area (Å²) in [6.07, 6.45) is 3.13. The van der Waals surface area contributed by atoms with Crippen LogP contribution in [0.4, 0.5) is 0 Å². The minimum atomic E-state index is -0.124. The zero-order valence-corrected chi connectivity index (χ0v) is 9.74. The summed E-state index contributed by atoms with van der Waals surface area (Å²) in [5.41, 5.74) is 0. The summed E-state index contributed by atoms with van der Waals surface area (Å²) >= 11 is 0. The highest BCUT2D eigenvalue weighted by Crippen LogP contribution is 2.14. The Labute approximate surface area is 87.7 Å². The first kappa shape index (κ1) is 12.0. The Morgan fingerprint density at radius 1 is 1.50 bits per heavy atom. The zero-order valence-electron chi connectivity index (χ0n) is 9.74. The number of nitrogens with zero attached hydrogens (tertiary/aromatic N) is 2. The molecule has 0 aliphatic carbocycles. The van der Waals surface area contributed by atoms with Crippen molar-refractivity contribution in [2.45, 2.75) is 38.3 Å². The van der Waals surface area contributed by atoms with Gasteiger partial charge in [-0.3, -0.25) is 4.90 Å². The van der Waals surface area contributed by atoms with Crippen LogP contribution in [0.5, 0.6) is 0 Å². The highest BCUT2D eigenvalue weighted by atomic mass is 16.3. The lowest BCUT2D eigenvalue weighted by Gasteiger charge is -2.22. The van der Waals surface area contributed by atoms with Crippen LogP contribution in [0.3, 0.4) is 0 Å². The van der Waals surface area contributed by atoms with Crippen molar-refractivity contribution in [1.29, 1.82) is 0 Å². The van der Waals surface area contributed by atoms with Gasteiger partial charge in [0, 0.05) is 19.1 Å². The molecule has 14 heavy (non-hydrogen) atoms. The fourth-order valence-electron chi connectivity index (χ4n) is 2.12. The molecule has 3 nitrogen and oxygen atoms in total. The number of hydrogen-bond donors (Lipinski definition) is 1. The summed E-state index contributed by atoms with van der Waals surface area (Å²) in [5.74, 6) is 0. The molecule has 1 N–H and O–H groups in total. The van der Waals surface area contributed by atoms with Gasteiger partial charge in [0.1, 0.15) is 0 Å². The van der Waals surface area contributed by atoms with E-state index in [9.17, 15) is 5.11 Å². The molecule has 0 radical (unpaired) electrons. The maximum absolute atomic E-state index is 9.68. The molecule has 2 atom stereocenters. The third kappa shape index (κ3) is 3.56. The van der Waals surface area contributed by atoms with E-state index in [-0.39, 0.29) is 6.10 Å². The second-order valence-electron chi connectivity index (χ2n) is 4.61. The molecular formula is C11H24N2O. The molecule has 0 aromatic carbocycles. The molecule has 0 spiro atoms. The van der Waals surface area contributed by atoms with Crippen molar-refractivity contribution in [3.05, 3.63) is 0 Å². The molecule has 1 fully saturated rings. The minimum absolute atomic E-state index is 0.124. The fourth-order valence-corrected chi connectivity index (χ4v) is 2.12. The Morgan fingerprint density at radius 2 is 2.21 bits per heavy atom. The molecular weight excluding hydrogens is 176 g/mol. The maximum atomic E-state index is 9.68. The first-order chi connectivity index (χ1) is 6.63. The van der Waals surface area contributed by atoms with Crippen LogP contribution in [0.2, 0.25) is 0 Å². The van der Waals surface area contributed by atoms with Gasteiger partial charge in [0.15, 0.2) is 0 Å². The molecule has 2 unspecified atom stereocenters. The van der Waals surface area contributed by atoms with Crippen molar-refractivity contribution in [2.75, 3.05) is 33.7 Å². The summed E-state index contributed by atoms with van der Waals surface area (Å²) in [6, 6.07) is 0.684. The number of β-amino-alcohol motifs (C(OH)–C–C–N with tert-alkyl or cyclic N) is 1. The fraction of sp³-hybridized carbons (Fsp3) is 1.00. The van der Waals surface area contributed by atoms with Gasteiger partial charge in [-0.05, 0) is 33.5 Å². The van der Waals surface area contributed by atoms with Crippen LogP contribution >= 0.6 is 0 Å². The van der Waals surface area contributed by atoms with Crippen molar-refractivity contribution in [2.24, 2.45) is 0 Å². The van der Waals surface area contributed by atoms with E-state index in [1.165, 1.54) is 6.42 Å². The van der Waals surface area contributed by atoms with Gasteiger partial charge in [-0.1, -0.05) is 13.3 Å². The van der Waals surface area contributed by atoms with E-state index >= 15 is 0 Å². The molecule has 0 aromatic heterocycles. The van der Waals surface area contributed by atoms with Crippen LogP contribution in [0, 0.1) is 0 Å². The van der Waals surface area contributed by atoms with Crippen molar-refractivity contribution in [1.82, 2.24) is 9.80 Å². The highest BCUT2D eigenvalue weighted by Gasteiger charge is 2.24. The molecule has 0 amide bonds. The van der Waals surface area contributed by atoms with Crippen LogP contribution in [-0.2, 0) is 0 Å². The minimum Gasteiger partial charge on any atom is -0.392 e. The number of likely N-dealkylation sites (tertiary alicyclic amines) is 1. The molecule has 1 heterocycles. The van der Waals surface area contributed by atoms with Gasteiger partial charge in [0.25, 0.3) is 0 Å². The van der Waals surface area contributed by atoms with E-state index < -0.39 is 0 Å². The lowest BCUT2D eigenvalue weighted by molar-refractivity contribution is 0.113. The summed E-state index contributed by atoms with van der Waals surface area (Å²) in [5, 5.41) is 9.68. The average Bonchev–Trinajstić information content (AvgIpc) is 2.53. The Kier molecular flexibility index (Phi) is 4.85. The predicted molar refractivity (Wildman–Crippen MR) is 59.4 cm³/mol. The molecule has 0 aromatic rings. The van der Waals surface area contributed by atoms with E-state index in [0.717, 1.165) is 32.5 Å². The van der Waals surface area contributed by atoms with Crippen molar-refractivity contribution >= 4 is 0 Å². The number of hydrogen-bond acceptors (Lipinski definition) is 3. The lowest BCUT2D eigenvalue weighted by atomic mass is 10.2. The standard InChI is InChI=1S/C11H24N2O/c1-4-5-11(14)9-13-7-6-10(8-13)12(2)3/h10-11,14H,4-9H2,1-3H3. The first-order valence-electron chi connectivity index (χ1n) is 5.70. The molecule has 3 heteroatoms. The summed E-state index contributed by atoms with van der Waals surface area (Å²) in [7, 11) is 4.27. The largest absolute Gasteiger partial charge is 0.392 e. The number of rotatable bonds is 5. The Morgan fingerprint density at radius 3 is 2.71 bits per heavy atom. The molecule has 0 bridgehead atoms. The van der Waals surface area contributed by atoms with Gasteiger partial charge in [-0.2, -0.15) is 0 Å². The molecule has 1 rings (SSSR count). The summed E-state index contributed by atoms with van der Waals surface area (Å²) in [4.78, 5) is 4.66. The molecule has 0 saturated carbocycles. The normalized spacial score (nSPS) is 25.9. The second-order valence-corrected chi connectivity index (χ2v) is 4.61. The molecule has 84 valence electrons. The molecule has 1 saturated heterocycles. The van der Waals surface area contributed by atoms with E-state index in [1.54, 1.807) is 0 Å². The van der Waals surface area contributed by atoms with E-state index in [2.05, 4.69) is 30.8 Å². The Balaban J connectivity index is 2.21. The molecule has 1 aliphatic heterocycles. The molecule has 1 aliphatic rings. The SMILES string of the molecule is CCCC(O)CN1CCC(N(C)C)C1. The van der Waals surface area contributed by atoms with Gasteiger partial charge < -0.3 is 10.0 Å². The van der Waals surface area contributed by atoms with Crippen LogP contribution < -0.4 is 0 Å². The van der Waals surface area contributed by atoms with Gasteiger partial charge in [-0.25, -0.2) is 0 Å². The predicted octanol–water partition coefficient (Wildman–Crippen LogP) is 0.783.